The van der Waals surface area contributed by atoms with E-state index in [0.717, 1.165) is 17.7 Å². The van der Waals surface area contributed by atoms with Crippen LogP contribution in [0.2, 0.25) is 5.02 Å². The number of fused-ring (bicyclic) bond motifs is 1. The van der Waals surface area contributed by atoms with Gasteiger partial charge in [0, 0.05) is 17.9 Å². The van der Waals surface area contributed by atoms with Gasteiger partial charge in [0.1, 0.15) is 6.26 Å². The van der Waals surface area contributed by atoms with Gasteiger partial charge in [0.2, 0.25) is 0 Å². The zero-order chi connectivity index (χ0) is 18.1. The first-order valence-electron chi connectivity index (χ1n) is 8.16. The van der Waals surface area contributed by atoms with E-state index in [2.05, 4.69) is 5.32 Å². The number of rotatable bonds is 3. The van der Waals surface area contributed by atoms with Gasteiger partial charge in [-0.05, 0) is 48.4 Å². The predicted octanol–water partition coefficient (Wildman–Crippen LogP) is 4.39. The average Bonchev–Trinajstić information content (AvgIpc) is 3.31. The fourth-order valence-electron chi connectivity index (χ4n) is 3.08. The van der Waals surface area contributed by atoms with Crippen molar-refractivity contribution in [2.45, 2.75) is 6.42 Å². The van der Waals surface area contributed by atoms with Crippen molar-refractivity contribution >= 4 is 34.8 Å². The molecule has 5 nitrogen and oxygen atoms in total. The Labute approximate surface area is 155 Å². The zero-order valence-electron chi connectivity index (χ0n) is 13.7. The lowest BCUT2D eigenvalue weighted by molar-refractivity contribution is 0.0987. The number of nitrogens with one attached hydrogen (secondary N) is 1. The van der Waals surface area contributed by atoms with Crippen LogP contribution in [0.1, 0.15) is 26.3 Å². The number of halogens is 1. The van der Waals surface area contributed by atoms with Crippen LogP contribution in [0.3, 0.4) is 0 Å². The summed E-state index contributed by atoms with van der Waals surface area (Å²) in [5.41, 5.74) is 3.48. The molecule has 1 N–H and O–H groups in total. The fraction of sp³-hybridized carbons (Fsp3) is 0.100. The zero-order valence-corrected chi connectivity index (χ0v) is 14.5. The molecule has 0 saturated carbocycles. The molecule has 0 bridgehead atoms. The van der Waals surface area contributed by atoms with Gasteiger partial charge in [-0.1, -0.05) is 23.7 Å². The number of amides is 2. The molecule has 130 valence electrons. The maximum atomic E-state index is 12.5. The molecular formula is C20H15ClN2O3. The maximum Gasteiger partial charge on any atom is 0.261 e. The topological polar surface area (TPSA) is 62.6 Å². The van der Waals surface area contributed by atoms with Crippen LogP contribution in [0.15, 0.2) is 65.5 Å². The number of hydrogen-bond acceptors (Lipinski definition) is 3. The largest absolute Gasteiger partial charge is 0.472 e. The van der Waals surface area contributed by atoms with Crippen LogP contribution in [0.25, 0.3) is 0 Å². The van der Waals surface area contributed by atoms with Gasteiger partial charge < -0.3 is 14.6 Å². The molecule has 0 aliphatic carbocycles. The molecule has 0 fully saturated rings. The fourth-order valence-corrected chi connectivity index (χ4v) is 3.30. The highest BCUT2D eigenvalue weighted by Gasteiger charge is 2.26. The summed E-state index contributed by atoms with van der Waals surface area (Å²) < 4.78 is 4.99. The lowest BCUT2D eigenvalue weighted by Crippen LogP contribution is -2.28. The molecule has 1 aromatic heterocycles. The van der Waals surface area contributed by atoms with Crippen molar-refractivity contribution in [1.82, 2.24) is 0 Å². The molecule has 2 amide bonds. The molecule has 6 heteroatoms. The van der Waals surface area contributed by atoms with Gasteiger partial charge in [-0.15, -0.1) is 0 Å². The summed E-state index contributed by atoms with van der Waals surface area (Å²) in [6, 6.07) is 14.1. The first kappa shape index (κ1) is 16.4. The van der Waals surface area contributed by atoms with E-state index in [-0.39, 0.29) is 11.8 Å². The van der Waals surface area contributed by atoms with Gasteiger partial charge in [0.05, 0.1) is 22.4 Å². The van der Waals surface area contributed by atoms with Crippen LogP contribution in [0.4, 0.5) is 11.4 Å². The third-order valence-corrected chi connectivity index (χ3v) is 4.69. The molecule has 0 unspecified atom stereocenters. The Morgan fingerprint density at radius 1 is 1.12 bits per heavy atom. The van der Waals surface area contributed by atoms with E-state index in [4.69, 9.17) is 16.0 Å². The van der Waals surface area contributed by atoms with Gasteiger partial charge in [0.25, 0.3) is 11.8 Å². The number of furan rings is 1. The summed E-state index contributed by atoms with van der Waals surface area (Å²) in [7, 11) is 0. The van der Waals surface area contributed by atoms with E-state index in [0.29, 0.717) is 28.4 Å². The summed E-state index contributed by atoms with van der Waals surface area (Å²) in [4.78, 5) is 26.7. The molecule has 0 radical (unpaired) electrons. The van der Waals surface area contributed by atoms with Crippen molar-refractivity contribution in [2.24, 2.45) is 0 Å². The van der Waals surface area contributed by atoms with Crippen molar-refractivity contribution in [1.29, 1.82) is 0 Å². The quantitative estimate of drug-likeness (QED) is 0.747. The Hall–Kier alpha value is -3.05. The Morgan fingerprint density at radius 3 is 2.73 bits per heavy atom. The van der Waals surface area contributed by atoms with Crippen LogP contribution in [-0.4, -0.2) is 18.4 Å². The molecule has 4 rings (SSSR count). The summed E-state index contributed by atoms with van der Waals surface area (Å²) in [6.07, 6.45) is 3.66. The van der Waals surface area contributed by atoms with Crippen LogP contribution in [0, 0.1) is 0 Å². The van der Waals surface area contributed by atoms with Gasteiger partial charge >= 0.3 is 0 Å². The Balaban J connectivity index is 1.54. The minimum Gasteiger partial charge on any atom is -0.472 e. The van der Waals surface area contributed by atoms with E-state index < -0.39 is 0 Å². The number of carbonyl (C=O) groups excluding carboxylic acids is 2. The van der Waals surface area contributed by atoms with Crippen molar-refractivity contribution in [2.75, 3.05) is 16.8 Å². The molecule has 0 saturated heterocycles. The smallest absolute Gasteiger partial charge is 0.261 e. The third-order valence-electron chi connectivity index (χ3n) is 4.36. The molecule has 0 atom stereocenters. The number of hydrogen-bond donors (Lipinski definition) is 1. The minimum absolute atomic E-state index is 0.0923. The van der Waals surface area contributed by atoms with Crippen molar-refractivity contribution in [3.8, 4) is 0 Å². The summed E-state index contributed by atoms with van der Waals surface area (Å²) in [5, 5.41) is 3.26. The first-order chi connectivity index (χ1) is 12.6. The first-order valence-corrected chi connectivity index (χ1v) is 8.54. The van der Waals surface area contributed by atoms with Gasteiger partial charge in [-0.3, -0.25) is 9.59 Å². The van der Waals surface area contributed by atoms with E-state index in [1.807, 2.05) is 12.1 Å². The average molecular weight is 367 g/mol. The van der Waals surface area contributed by atoms with Gasteiger partial charge in [0.15, 0.2) is 0 Å². The van der Waals surface area contributed by atoms with E-state index in [9.17, 15) is 9.59 Å². The molecular weight excluding hydrogens is 352 g/mol. The SMILES string of the molecule is O=C(Nc1ccc2c(c1)CCN2C(=O)c1ccoc1)c1ccccc1Cl. The normalized spacial score (nSPS) is 12.7. The highest BCUT2D eigenvalue weighted by Crippen LogP contribution is 2.32. The van der Waals surface area contributed by atoms with Crippen molar-refractivity contribution in [3.63, 3.8) is 0 Å². The van der Waals surface area contributed by atoms with E-state index >= 15 is 0 Å². The molecule has 2 aromatic carbocycles. The van der Waals surface area contributed by atoms with Gasteiger partial charge in [-0.2, -0.15) is 0 Å². The molecule has 26 heavy (non-hydrogen) atoms. The Morgan fingerprint density at radius 2 is 1.96 bits per heavy atom. The number of benzene rings is 2. The van der Waals surface area contributed by atoms with E-state index in [1.165, 1.54) is 12.5 Å². The number of nitrogens with zero attached hydrogens (tertiary/aromatic N) is 1. The minimum atomic E-state index is -0.264. The second-order valence-electron chi connectivity index (χ2n) is 6.00. The second kappa shape index (κ2) is 6.69. The maximum absolute atomic E-state index is 12.5. The lowest BCUT2D eigenvalue weighted by atomic mass is 10.1. The highest BCUT2D eigenvalue weighted by atomic mass is 35.5. The number of carbonyl (C=O) groups is 2. The van der Waals surface area contributed by atoms with Gasteiger partial charge in [-0.25, -0.2) is 0 Å². The van der Waals surface area contributed by atoms with Crippen molar-refractivity contribution < 1.29 is 14.0 Å². The highest BCUT2D eigenvalue weighted by molar-refractivity contribution is 6.34. The monoisotopic (exact) mass is 366 g/mol. The molecule has 0 spiro atoms. The standard InChI is InChI=1S/C20H15ClN2O3/c21-17-4-2-1-3-16(17)19(24)22-15-5-6-18-13(11-15)7-9-23(18)20(25)14-8-10-26-12-14/h1-6,8,10-12H,7,9H2,(H,22,24). The summed E-state index contributed by atoms with van der Waals surface area (Å²) in [6.45, 7) is 0.598. The Kier molecular flexibility index (Phi) is 4.22. The summed E-state index contributed by atoms with van der Waals surface area (Å²) in [5.74, 6) is -0.356. The Bertz CT molecular complexity index is 982. The summed E-state index contributed by atoms with van der Waals surface area (Å²) >= 11 is 6.07. The third kappa shape index (κ3) is 2.97. The van der Waals surface area contributed by atoms with Crippen LogP contribution < -0.4 is 10.2 Å². The van der Waals surface area contributed by atoms with E-state index in [1.54, 1.807) is 41.3 Å². The predicted molar refractivity (Wildman–Crippen MR) is 99.9 cm³/mol. The van der Waals surface area contributed by atoms with Crippen LogP contribution in [-0.2, 0) is 6.42 Å². The van der Waals surface area contributed by atoms with Crippen LogP contribution >= 0.6 is 11.6 Å². The molecule has 3 aromatic rings. The molecule has 1 aliphatic heterocycles. The molecule has 1 aliphatic rings. The number of anilines is 2. The molecule has 2 heterocycles. The lowest BCUT2D eigenvalue weighted by Gasteiger charge is -2.16. The second-order valence-corrected chi connectivity index (χ2v) is 6.40. The van der Waals surface area contributed by atoms with Crippen molar-refractivity contribution in [3.05, 3.63) is 82.8 Å². The van der Waals surface area contributed by atoms with Crippen LogP contribution in [0.5, 0.6) is 0 Å².